The van der Waals surface area contributed by atoms with Crippen LogP contribution in [0.4, 0.5) is 23.7 Å². The summed E-state index contributed by atoms with van der Waals surface area (Å²) in [6.45, 7) is 1.85. The summed E-state index contributed by atoms with van der Waals surface area (Å²) in [4.78, 5) is 16.1. The molecule has 1 aliphatic rings. The number of hydrogen-bond acceptors (Lipinski definition) is 5. The zero-order valence-corrected chi connectivity index (χ0v) is 15.4. The Morgan fingerprint density at radius 2 is 1.86 bits per heavy atom. The van der Waals surface area contributed by atoms with E-state index in [9.17, 15) is 18.0 Å². The number of ether oxygens (including phenoxy) is 2. The summed E-state index contributed by atoms with van der Waals surface area (Å²) in [7, 11) is 0. The number of amides is 2. The highest BCUT2D eigenvalue weighted by atomic mass is 19.4. The monoisotopic (exact) mass is 400 g/mol. The topological polar surface area (TPSA) is 77.8 Å². The zero-order valence-electron chi connectivity index (χ0n) is 15.4. The highest BCUT2D eigenvalue weighted by molar-refractivity contribution is 5.89. The molecule has 2 rings (SSSR count). The van der Waals surface area contributed by atoms with Crippen LogP contribution in [0.15, 0.2) is 24.3 Å². The van der Waals surface area contributed by atoms with Crippen molar-refractivity contribution in [2.75, 3.05) is 57.9 Å². The summed E-state index contributed by atoms with van der Waals surface area (Å²) >= 11 is 0. The van der Waals surface area contributed by atoms with E-state index >= 15 is 0 Å². The van der Waals surface area contributed by atoms with Crippen LogP contribution < -0.4 is 10.1 Å². The first-order chi connectivity index (χ1) is 13.4. The second kappa shape index (κ2) is 10.7. The minimum atomic E-state index is -4.29. The SMILES string of the molecule is N#CCOc1ccc(NC(=O)N2CCN(CCCOCC(F)(F)F)CC2)cc1. The Morgan fingerprint density at radius 1 is 1.18 bits per heavy atom. The van der Waals surface area contributed by atoms with E-state index in [0.717, 1.165) is 0 Å². The molecule has 0 unspecified atom stereocenters. The molecule has 1 N–H and O–H groups in total. The Bertz CT molecular complexity index is 654. The van der Waals surface area contributed by atoms with Gasteiger partial charge >= 0.3 is 12.2 Å². The van der Waals surface area contributed by atoms with Crippen LogP contribution in [0.2, 0.25) is 0 Å². The molecule has 0 radical (unpaired) electrons. The molecule has 7 nitrogen and oxygen atoms in total. The number of hydrogen-bond donors (Lipinski definition) is 1. The molecule has 1 aromatic carbocycles. The third-order valence-corrected chi connectivity index (χ3v) is 4.10. The van der Waals surface area contributed by atoms with Gasteiger partial charge in [0.15, 0.2) is 6.61 Å². The maximum absolute atomic E-state index is 12.3. The van der Waals surface area contributed by atoms with Gasteiger partial charge in [0, 0.05) is 45.0 Å². The lowest BCUT2D eigenvalue weighted by atomic mass is 10.3. The lowest BCUT2D eigenvalue weighted by molar-refractivity contribution is -0.174. The number of carbonyl (C=O) groups is 1. The largest absolute Gasteiger partial charge is 0.479 e. The fourth-order valence-corrected chi connectivity index (χ4v) is 2.71. The molecule has 10 heteroatoms. The lowest BCUT2D eigenvalue weighted by Gasteiger charge is -2.34. The molecule has 1 fully saturated rings. The van der Waals surface area contributed by atoms with Crippen molar-refractivity contribution >= 4 is 11.7 Å². The number of alkyl halides is 3. The Hall–Kier alpha value is -2.51. The van der Waals surface area contributed by atoms with Crippen molar-refractivity contribution in [3.8, 4) is 11.8 Å². The number of benzene rings is 1. The van der Waals surface area contributed by atoms with Gasteiger partial charge in [0.05, 0.1) is 0 Å². The average molecular weight is 400 g/mol. The first-order valence-electron chi connectivity index (χ1n) is 8.90. The molecule has 0 saturated carbocycles. The number of carbonyl (C=O) groups excluding carboxylic acids is 1. The van der Waals surface area contributed by atoms with Gasteiger partial charge in [-0.25, -0.2) is 4.79 Å². The van der Waals surface area contributed by atoms with E-state index in [1.54, 1.807) is 29.2 Å². The van der Waals surface area contributed by atoms with Crippen molar-refractivity contribution in [3.63, 3.8) is 0 Å². The number of nitrogens with one attached hydrogen (secondary N) is 1. The molecule has 0 aliphatic carbocycles. The van der Waals surface area contributed by atoms with E-state index in [0.29, 0.717) is 50.6 Å². The molecule has 154 valence electrons. The van der Waals surface area contributed by atoms with Crippen LogP contribution in [0.3, 0.4) is 0 Å². The molecule has 1 aromatic rings. The minimum Gasteiger partial charge on any atom is -0.479 e. The first kappa shape index (κ1) is 21.8. The molecule has 0 spiro atoms. The van der Waals surface area contributed by atoms with E-state index in [4.69, 9.17) is 10.00 Å². The van der Waals surface area contributed by atoms with Gasteiger partial charge in [-0.2, -0.15) is 18.4 Å². The third kappa shape index (κ3) is 8.02. The quantitative estimate of drug-likeness (QED) is 0.679. The Labute approximate surface area is 161 Å². The van der Waals surface area contributed by atoms with E-state index < -0.39 is 12.8 Å². The van der Waals surface area contributed by atoms with Crippen LogP contribution in [0.5, 0.6) is 5.75 Å². The molecule has 0 atom stereocenters. The molecule has 28 heavy (non-hydrogen) atoms. The number of urea groups is 1. The number of piperazine rings is 1. The second-order valence-electron chi connectivity index (χ2n) is 6.25. The van der Waals surface area contributed by atoms with Gasteiger partial charge in [0.2, 0.25) is 0 Å². The zero-order chi connectivity index (χ0) is 20.4. The number of nitrogens with zero attached hydrogens (tertiary/aromatic N) is 3. The van der Waals surface area contributed by atoms with Crippen LogP contribution in [-0.4, -0.2) is 74.6 Å². The van der Waals surface area contributed by atoms with E-state index in [2.05, 4.69) is 15.0 Å². The highest BCUT2D eigenvalue weighted by Crippen LogP contribution is 2.17. The maximum atomic E-state index is 12.3. The smallest absolute Gasteiger partial charge is 0.411 e. The Balaban J connectivity index is 1.64. The van der Waals surface area contributed by atoms with E-state index in [1.807, 2.05) is 6.07 Å². The summed E-state index contributed by atoms with van der Waals surface area (Å²) in [5.74, 6) is 0.548. The summed E-state index contributed by atoms with van der Waals surface area (Å²) < 4.78 is 45.7. The average Bonchev–Trinajstić information content (AvgIpc) is 2.67. The predicted octanol–water partition coefficient (Wildman–Crippen LogP) is 2.71. The Morgan fingerprint density at radius 3 is 2.46 bits per heavy atom. The van der Waals surface area contributed by atoms with Crippen molar-refractivity contribution in [1.29, 1.82) is 5.26 Å². The van der Waals surface area contributed by atoms with Crippen molar-refractivity contribution in [2.45, 2.75) is 12.6 Å². The number of anilines is 1. The molecule has 1 aliphatic heterocycles. The first-order valence-corrected chi connectivity index (χ1v) is 8.90. The van der Waals surface area contributed by atoms with Gasteiger partial charge in [0.25, 0.3) is 0 Å². The van der Waals surface area contributed by atoms with Gasteiger partial charge in [0.1, 0.15) is 18.4 Å². The minimum absolute atomic E-state index is 0.0373. The molecule has 0 bridgehead atoms. The summed E-state index contributed by atoms with van der Waals surface area (Å²) in [6.07, 6.45) is -3.77. The van der Waals surface area contributed by atoms with Gasteiger partial charge in [-0.3, -0.25) is 4.90 Å². The summed E-state index contributed by atoms with van der Waals surface area (Å²) in [5, 5.41) is 11.3. The fourth-order valence-electron chi connectivity index (χ4n) is 2.71. The van der Waals surface area contributed by atoms with Gasteiger partial charge in [-0.05, 0) is 30.7 Å². The van der Waals surface area contributed by atoms with Crippen molar-refractivity contribution in [3.05, 3.63) is 24.3 Å². The molecule has 1 saturated heterocycles. The summed E-state index contributed by atoms with van der Waals surface area (Å²) in [5.41, 5.74) is 0.624. The molecular formula is C18H23F3N4O3. The van der Waals surface area contributed by atoms with Gasteiger partial charge in [-0.1, -0.05) is 0 Å². The maximum Gasteiger partial charge on any atom is 0.411 e. The molecule has 0 aromatic heterocycles. The second-order valence-corrected chi connectivity index (χ2v) is 6.25. The van der Waals surface area contributed by atoms with E-state index in [-0.39, 0.29) is 19.2 Å². The van der Waals surface area contributed by atoms with Crippen LogP contribution in [-0.2, 0) is 4.74 Å². The molecule has 1 heterocycles. The normalized spacial score (nSPS) is 15.1. The van der Waals surface area contributed by atoms with E-state index in [1.165, 1.54) is 0 Å². The van der Waals surface area contributed by atoms with Crippen LogP contribution in [0.25, 0.3) is 0 Å². The number of nitriles is 1. The lowest BCUT2D eigenvalue weighted by Crippen LogP contribution is -2.50. The molecular weight excluding hydrogens is 377 g/mol. The van der Waals surface area contributed by atoms with Crippen molar-refractivity contribution in [2.24, 2.45) is 0 Å². The van der Waals surface area contributed by atoms with Gasteiger partial charge in [-0.15, -0.1) is 0 Å². The Kier molecular flexibility index (Phi) is 8.35. The summed E-state index contributed by atoms with van der Waals surface area (Å²) in [6, 6.07) is 8.41. The third-order valence-electron chi connectivity index (χ3n) is 4.10. The van der Waals surface area contributed by atoms with Gasteiger partial charge < -0.3 is 19.7 Å². The van der Waals surface area contributed by atoms with Crippen LogP contribution in [0, 0.1) is 11.3 Å². The molecule has 2 amide bonds. The van der Waals surface area contributed by atoms with Crippen molar-refractivity contribution in [1.82, 2.24) is 9.80 Å². The number of rotatable bonds is 8. The van der Waals surface area contributed by atoms with Crippen LogP contribution in [0.1, 0.15) is 6.42 Å². The predicted molar refractivity (Wildman–Crippen MR) is 96.1 cm³/mol. The highest BCUT2D eigenvalue weighted by Gasteiger charge is 2.27. The standard InChI is InChI=1S/C18H23F3N4O3/c19-18(20,21)14-27-12-1-7-24-8-10-25(11-9-24)17(26)23-15-2-4-16(5-3-15)28-13-6-22/h2-5H,1,7-14H2,(H,23,26). The van der Waals surface area contributed by atoms with Crippen molar-refractivity contribution < 1.29 is 27.4 Å². The fraction of sp³-hybridized carbons (Fsp3) is 0.556. The number of halogens is 3. The van der Waals surface area contributed by atoms with Crippen LogP contribution >= 0.6 is 0 Å².